The standard InChI is InChI=1S/C13H30N2/c1-5-9-13(4,14)11-15-10-7-6-8-12(2)3/h12,15H,5-11,14H2,1-4H3. The molecule has 1 atom stereocenters. The van der Waals surface area contributed by atoms with Crippen molar-refractivity contribution in [3.8, 4) is 0 Å². The molecule has 0 aliphatic heterocycles. The van der Waals surface area contributed by atoms with Crippen LogP contribution in [0.25, 0.3) is 0 Å². The first kappa shape index (κ1) is 14.9. The summed E-state index contributed by atoms with van der Waals surface area (Å²) in [5, 5.41) is 3.46. The second-order valence-electron chi connectivity index (χ2n) is 5.47. The Morgan fingerprint density at radius 1 is 1.27 bits per heavy atom. The van der Waals surface area contributed by atoms with E-state index in [0.717, 1.165) is 25.4 Å². The number of rotatable bonds is 9. The van der Waals surface area contributed by atoms with Gasteiger partial charge in [0.15, 0.2) is 0 Å². The molecule has 92 valence electrons. The van der Waals surface area contributed by atoms with Gasteiger partial charge in [0, 0.05) is 12.1 Å². The summed E-state index contributed by atoms with van der Waals surface area (Å²) in [6.45, 7) is 11.0. The fourth-order valence-corrected chi connectivity index (χ4v) is 1.84. The SMILES string of the molecule is CCCC(C)(N)CNCCCCC(C)C. The van der Waals surface area contributed by atoms with Gasteiger partial charge in [0.05, 0.1) is 0 Å². The molecule has 0 aliphatic rings. The van der Waals surface area contributed by atoms with Gasteiger partial charge >= 0.3 is 0 Å². The molecular formula is C13H30N2. The van der Waals surface area contributed by atoms with Gasteiger partial charge in [-0.15, -0.1) is 0 Å². The molecular weight excluding hydrogens is 184 g/mol. The van der Waals surface area contributed by atoms with Gasteiger partial charge in [0.2, 0.25) is 0 Å². The van der Waals surface area contributed by atoms with E-state index >= 15 is 0 Å². The van der Waals surface area contributed by atoms with Crippen molar-refractivity contribution in [1.29, 1.82) is 0 Å². The molecule has 0 aromatic carbocycles. The summed E-state index contributed by atoms with van der Waals surface area (Å²) in [4.78, 5) is 0. The van der Waals surface area contributed by atoms with E-state index in [4.69, 9.17) is 5.73 Å². The van der Waals surface area contributed by atoms with E-state index in [0.29, 0.717) is 0 Å². The van der Waals surface area contributed by atoms with Crippen LogP contribution in [-0.4, -0.2) is 18.6 Å². The van der Waals surface area contributed by atoms with E-state index in [1.165, 1.54) is 25.7 Å². The highest BCUT2D eigenvalue weighted by Crippen LogP contribution is 2.07. The zero-order valence-electron chi connectivity index (χ0n) is 11.1. The number of nitrogens with two attached hydrogens (primary N) is 1. The van der Waals surface area contributed by atoms with E-state index in [-0.39, 0.29) is 5.54 Å². The summed E-state index contributed by atoms with van der Waals surface area (Å²) in [7, 11) is 0. The smallest absolute Gasteiger partial charge is 0.0252 e. The molecule has 0 saturated heterocycles. The minimum absolute atomic E-state index is 0.0210. The molecule has 0 fully saturated rings. The third kappa shape index (κ3) is 10.2. The molecule has 0 amide bonds. The first-order valence-electron chi connectivity index (χ1n) is 6.47. The Morgan fingerprint density at radius 3 is 2.47 bits per heavy atom. The van der Waals surface area contributed by atoms with E-state index in [1.807, 2.05) is 0 Å². The van der Waals surface area contributed by atoms with Crippen molar-refractivity contribution < 1.29 is 0 Å². The Labute approximate surface area is 96.0 Å². The van der Waals surface area contributed by atoms with Crippen molar-refractivity contribution in [2.24, 2.45) is 11.7 Å². The lowest BCUT2D eigenvalue weighted by Gasteiger charge is -2.24. The van der Waals surface area contributed by atoms with Crippen LogP contribution in [0.4, 0.5) is 0 Å². The second kappa shape index (κ2) is 8.12. The average Bonchev–Trinajstić information content (AvgIpc) is 2.10. The highest BCUT2D eigenvalue weighted by atomic mass is 14.9. The van der Waals surface area contributed by atoms with Gasteiger partial charge in [-0.05, 0) is 32.2 Å². The van der Waals surface area contributed by atoms with E-state index in [9.17, 15) is 0 Å². The third-order valence-corrected chi connectivity index (χ3v) is 2.73. The summed E-state index contributed by atoms with van der Waals surface area (Å²) >= 11 is 0. The van der Waals surface area contributed by atoms with Crippen LogP contribution >= 0.6 is 0 Å². The summed E-state index contributed by atoms with van der Waals surface area (Å²) in [6, 6.07) is 0. The van der Waals surface area contributed by atoms with E-state index in [2.05, 4.69) is 33.0 Å². The second-order valence-corrected chi connectivity index (χ2v) is 5.47. The highest BCUT2D eigenvalue weighted by Gasteiger charge is 2.15. The quantitative estimate of drug-likeness (QED) is 0.579. The molecule has 1 unspecified atom stereocenters. The molecule has 0 aromatic heterocycles. The first-order chi connectivity index (χ1) is 6.98. The molecule has 2 nitrogen and oxygen atoms in total. The number of nitrogens with one attached hydrogen (secondary N) is 1. The third-order valence-electron chi connectivity index (χ3n) is 2.73. The Hall–Kier alpha value is -0.0800. The Balaban J connectivity index is 3.30. The van der Waals surface area contributed by atoms with Gasteiger partial charge in [-0.25, -0.2) is 0 Å². The van der Waals surface area contributed by atoms with Crippen molar-refractivity contribution in [1.82, 2.24) is 5.32 Å². The average molecular weight is 214 g/mol. The zero-order chi connectivity index (χ0) is 11.7. The fourth-order valence-electron chi connectivity index (χ4n) is 1.84. The fraction of sp³-hybridized carbons (Fsp3) is 1.00. The molecule has 3 N–H and O–H groups in total. The maximum atomic E-state index is 6.13. The van der Waals surface area contributed by atoms with Gasteiger partial charge in [0.25, 0.3) is 0 Å². The molecule has 2 heteroatoms. The topological polar surface area (TPSA) is 38.0 Å². The van der Waals surface area contributed by atoms with Crippen LogP contribution in [0.5, 0.6) is 0 Å². The minimum Gasteiger partial charge on any atom is -0.324 e. The van der Waals surface area contributed by atoms with Crippen molar-refractivity contribution in [2.45, 2.75) is 65.3 Å². The van der Waals surface area contributed by atoms with Gasteiger partial charge in [0.1, 0.15) is 0 Å². The van der Waals surface area contributed by atoms with Crippen LogP contribution in [0.15, 0.2) is 0 Å². The van der Waals surface area contributed by atoms with Crippen LogP contribution in [0.1, 0.15) is 59.8 Å². The van der Waals surface area contributed by atoms with Gasteiger partial charge < -0.3 is 11.1 Å². The summed E-state index contributed by atoms with van der Waals surface area (Å²) < 4.78 is 0. The van der Waals surface area contributed by atoms with Crippen molar-refractivity contribution in [2.75, 3.05) is 13.1 Å². The summed E-state index contributed by atoms with van der Waals surface area (Å²) in [5.41, 5.74) is 6.11. The normalized spacial score (nSPS) is 15.6. The molecule has 0 heterocycles. The predicted octanol–water partition coefficient (Wildman–Crippen LogP) is 2.92. The van der Waals surface area contributed by atoms with Crippen LogP contribution in [0.3, 0.4) is 0 Å². The molecule has 0 radical (unpaired) electrons. The number of unbranched alkanes of at least 4 members (excludes halogenated alkanes) is 1. The lowest BCUT2D eigenvalue weighted by Crippen LogP contribution is -2.46. The van der Waals surface area contributed by atoms with Crippen molar-refractivity contribution in [3.63, 3.8) is 0 Å². The molecule has 0 aliphatic carbocycles. The summed E-state index contributed by atoms with van der Waals surface area (Å²) in [6.07, 6.45) is 6.23. The monoisotopic (exact) mass is 214 g/mol. The van der Waals surface area contributed by atoms with Gasteiger partial charge in [-0.1, -0.05) is 40.0 Å². The highest BCUT2D eigenvalue weighted by molar-refractivity contribution is 4.80. The molecule has 15 heavy (non-hydrogen) atoms. The molecule has 0 aromatic rings. The molecule has 0 bridgehead atoms. The van der Waals surface area contributed by atoms with Crippen molar-refractivity contribution >= 4 is 0 Å². The Bertz CT molecular complexity index is 141. The maximum Gasteiger partial charge on any atom is 0.0252 e. The zero-order valence-corrected chi connectivity index (χ0v) is 11.1. The molecule has 0 spiro atoms. The van der Waals surface area contributed by atoms with Crippen LogP contribution in [0, 0.1) is 5.92 Å². The lowest BCUT2D eigenvalue weighted by molar-refractivity contribution is 0.392. The van der Waals surface area contributed by atoms with E-state index < -0.39 is 0 Å². The number of hydrogen-bond donors (Lipinski definition) is 2. The minimum atomic E-state index is -0.0210. The first-order valence-corrected chi connectivity index (χ1v) is 6.47. The van der Waals surface area contributed by atoms with E-state index in [1.54, 1.807) is 0 Å². The van der Waals surface area contributed by atoms with Gasteiger partial charge in [-0.3, -0.25) is 0 Å². The summed E-state index contributed by atoms with van der Waals surface area (Å²) in [5.74, 6) is 0.838. The molecule has 0 saturated carbocycles. The number of hydrogen-bond acceptors (Lipinski definition) is 2. The van der Waals surface area contributed by atoms with Crippen molar-refractivity contribution in [3.05, 3.63) is 0 Å². The Morgan fingerprint density at radius 2 is 1.93 bits per heavy atom. The lowest BCUT2D eigenvalue weighted by atomic mass is 9.97. The Kier molecular flexibility index (Phi) is 8.07. The van der Waals surface area contributed by atoms with Gasteiger partial charge in [-0.2, -0.15) is 0 Å². The largest absolute Gasteiger partial charge is 0.324 e. The predicted molar refractivity (Wildman–Crippen MR) is 69.1 cm³/mol. The van der Waals surface area contributed by atoms with Crippen LogP contribution < -0.4 is 11.1 Å². The van der Waals surface area contributed by atoms with Crippen LogP contribution in [-0.2, 0) is 0 Å². The van der Waals surface area contributed by atoms with Crippen LogP contribution in [0.2, 0.25) is 0 Å². The maximum absolute atomic E-state index is 6.13. The molecule has 0 rings (SSSR count).